The van der Waals surface area contributed by atoms with E-state index >= 15 is 0 Å². The Bertz CT molecular complexity index is 712. The number of fused-ring (bicyclic) bond motifs is 5. The van der Waals surface area contributed by atoms with Gasteiger partial charge in [0.1, 0.15) is 17.5 Å². The van der Waals surface area contributed by atoms with Gasteiger partial charge in [-0.25, -0.2) is 14.5 Å². The molecule has 0 aromatic carbocycles. The maximum atomic E-state index is 4.49. The van der Waals surface area contributed by atoms with Crippen LogP contribution in [-0.2, 0) is 12.8 Å². The van der Waals surface area contributed by atoms with E-state index in [2.05, 4.69) is 22.0 Å². The van der Waals surface area contributed by atoms with E-state index in [4.69, 9.17) is 0 Å². The van der Waals surface area contributed by atoms with Crippen molar-refractivity contribution in [2.24, 2.45) is 5.92 Å². The Hall–Kier alpha value is -1.49. The second-order valence-corrected chi connectivity index (χ2v) is 5.89. The highest BCUT2D eigenvalue weighted by molar-refractivity contribution is 7.19. The molecule has 0 radical (unpaired) electrons. The first-order valence-electron chi connectivity index (χ1n) is 5.91. The average Bonchev–Trinajstić information content (AvgIpc) is 2.90. The molecule has 1 unspecified atom stereocenters. The van der Waals surface area contributed by atoms with Crippen molar-refractivity contribution in [2.45, 2.75) is 26.2 Å². The van der Waals surface area contributed by atoms with E-state index in [-0.39, 0.29) is 0 Å². The third-order valence-electron chi connectivity index (χ3n) is 3.57. The predicted octanol–water partition coefficient (Wildman–Crippen LogP) is 2.46. The van der Waals surface area contributed by atoms with Crippen LogP contribution in [0.5, 0.6) is 0 Å². The van der Waals surface area contributed by atoms with Gasteiger partial charge in [0.25, 0.3) is 0 Å². The number of rotatable bonds is 0. The third-order valence-corrected chi connectivity index (χ3v) is 4.77. The minimum absolute atomic E-state index is 0.767. The number of hydrogen-bond acceptors (Lipinski definition) is 4. The van der Waals surface area contributed by atoms with Crippen molar-refractivity contribution in [3.63, 3.8) is 0 Å². The molecule has 3 aromatic heterocycles. The Balaban J connectivity index is 2.14. The Kier molecular flexibility index (Phi) is 1.83. The van der Waals surface area contributed by atoms with Crippen molar-refractivity contribution < 1.29 is 0 Å². The Morgan fingerprint density at radius 1 is 1.41 bits per heavy atom. The fourth-order valence-electron chi connectivity index (χ4n) is 2.69. The van der Waals surface area contributed by atoms with Crippen molar-refractivity contribution in [3.8, 4) is 0 Å². The number of nitrogens with zero attached hydrogens (tertiary/aromatic N) is 4. The highest BCUT2D eigenvalue weighted by Gasteiger charge is 2.22. The fraction of sp³-hybridized carbons (Fsp3) is 0.417. The van der Waals surface area contributed by atoms with E-state index in [1.54, 1.807) is 17.2 Å². The molecule has 4 nitrogen and oxygen atoms in total. The average molecular weight is 244 g/mol. The van der Waals surface area contributed by atoms with E-state index in [0.717, 1.165) is 22.8 Å². The Morgan fingerprint density at radius 3 is 3.29 bits per heavy atom. The molecule has 0 aliphatic heterocycles. The van der Waals surface area contributed by atoms with Crippen LogP contribution in [0.3, 0.4) is 0 Å². The molecule has 1 aliphatic rings. The molecule has 0 amide bonds. The maximum Gasteiger partial charge on any atom is 0.167 e. The van der Waals surface area contributed by atoms with Crippen molar-refractivity contribution in [1.29, 1.82) is 0 Å². The van der Waals surface area contributed by atoms with Gasteiger partial charge < -0.3 is 0 Å². The SMILES string of the molecule is CC1CCc2sc3ncn4ncnc4c3c2C1. The van der Waals surface area contributed by atoms with E-state index in [1.165, 1.54) is 28.7 Å². The third kappa shape index (κ3) is 1.26. The largest absolute Gasteiger partial charge is 0.225 e. The molecule has 0 bridgehead atoms. The van der Waals surface area contributed by atoms with Gasteiger partial charge in [0.05, 0.1) is 5.39 Å². The lowest BCUT2D eigenvalue weighted by atomic mass is 9.89. The van der Waals surface area contributed by atoms with Gasteiger partial charge in [-0.15, -0.1) is 11.3 Å². The zero-order valence-corrected chi connectivity index (χ0v) is 10.4. The minimum Gasteiger partial charge on any atom is -0.225 e. The van der Waals surface area contributed by atoms with Crippen molar-refractivity contribution >= 4 is 27.2 Å². The van der Waals surface area contributed by atoms with Crippen LogP contribution in [0.25, 0.3) is 15.9 Å². The molecular weight excluding hydrogens is 232 g/mol. The molecule has 3 heterocycles. The predicted molar refractivity (Wildman–Crippen MR) is 67.4 cm³/mol. The summed E-state index contributed by atoms with van der Waals surface area (Å²) in [7, 11) is 0. The van der Waals surface area contributed by atoms with Crippen LogP contribution in [0.1, 0.15) is 23.8 Å². The minimum atomic E-state index is 0.767. The molecule has 0 N–H and O–H groups in total. The van der Waals surface area contributed by atoms with Crippen LogP contribution < -0.4 is 0 Å². The summed E-state index contributed by atoms with van der Waals surface area (Å²) in [5, 5.41) is 5.40. The summed E-state index contributed by atoms with van der Waals surface area (Å²) < 4.78 is 1.77. The normalized spacial score (nSPS) is 19.9. The smallest absolute Gasteiger partial charge is 0.167 e. The topological polar surface area (TPSA) is 43.1 Å². The zero-order chi connectivity index (χ0) is 11.4. The number of hydrogen-bond donors (Lipinski definition) is 0. The number of aromatic nitrogens is 4. The van der Waals surface area contributed by atoms with Gasteiger partial charge in [0.15, 0.2) is 5.65 Å². The van der Waals surface area contributed by atoms with E-state index < -0.39 is 0 Å². The summed E-state index contributed by atoms with van der Waals surface area (Å²) in [5.74, 6) is 0.767. The van der Waals surface area contributed by atoms with Gasteiger partial charge in [-0.2, -0.15) is 5.10 Å². The first kappa shape index (κ1) is 9.53. The standard InChI is InChI=1S/C12H12N4S/c1-7-2-3-9-8(4-7)10-11-13-5-15-16(11)6-14-12(10)17-9/h5-7H,2-4H2,1H3. The molecule has 4 rings (SSSR count). The molecule has 1 atom stereocenters. The first-order chi connectivity index (χ1) is 8.33. The molecule has 0 fully saturated rings. The quantitative estimate of drug-likeness (QED) is 0.610. The van der Waals surface area contributed by atoms with E-state index in [1.807, 2.05) is 11.3 Å². The van der Waals surface area contributed by atoms with Crippen molar-refractivity contribution in [1.82, 2.24) is 19.6 Å². The van der Waals surface area contributed by atoms with E-state index in [0.29, 0.717) is 0 Å². The second kappa shape index (κ2) is 3.26. The van der Waals surface area contributed by atoms with Crippen molar-refractivity contribution in [3.05, 3.63) is 23.1 Å². The molecule has 1 aliphatic carbocycles. The van der Waals surface area contributed by atoms with Gasteiger partial charge in [-0.05, 0) is 30.7 Å². The van der Waals surface area contributed by atoms with Gasteiger partial charge in [-0.1, -0.05) is 6.92 Å². The van der Waals surface area contributed by atoms with Gasteiger partial charge >= 0.3 is 0 Å². The van der Waals surface area contributed by atoms with Crippen LogP contribution >= 0.6 is 11.3 Å². The van der Waals surface area contributed by atoms with E-state index in [9.17, 15) is 0 Å². The van der Waals surface area contributed by atoms with Crippen LogP contribution in [0, 0.1) is 5.92 Å². The molecule has 17 heavy (non-hydrogen) atoms. The van der Waals surface area contributed by atoms with Crippen LogP contribution in [0.2, 0.25) is 0 Å². The molecule has 5 heteroatoms. The first-order valence-corrected chi connectivity index (χ1v) is 6.73. The summed E-state index contributed by atoms with van der Waals surface area (Å²) >= 11 is 1.83. The number of aryl methyl sites for hydroxylation is 1. The monoisotopic (exact) mass is 244 g/mol. The molecule has 3 aromatic rings. The number of thiophene rings is 1. The summed E-state index contributed by atoms with van der Waals surface area (Å²) in [6.07, 6.45) is 7.01. The molecule has 0 saturated heterocycles. The summed E-state index contributed by atoms with van der Waals surface area (Å²) in [5.41, 5.74) is 2.43. The summed E-state index contributed by atoms with van der Waals surface area (Å²) in [4.78, 5) is 11.5. The molecule has 86 valence electrons. The Morgan fingerprint density at radius 2 is 2.35 bits per heavy atom. The zero-order valence-electron chi connectivity index (χ0n) is 9.55. The molecule has 0 saturated carbocycles. The summed E-state index contributed by atoms with van der Waals surface area (Å²) in [6.45, 7) is 2.32. The lowest BCUT2D eigenvalue weighted by Gasteiger charge is -2.17. The highest BCUT2D eigenvalue weighted by atomic mass is 32.1. The highest BCUT2D eigenvalue weighted by Crippen LogP contribution is 2.38. The molecular formula is C12H12N4S. The molecule has 0 spiro atoms. The Labute approximate surface area is 102 Å². The summed E-state index contributed by atoms with van der Waals surface area (Å²) in [6, 6.07) is 0. The fourth-order valence-corrected chi connectivity index (χ4v) is 3.86. The van der Waals surface area contributed by atoms with Gasteiger partial charge in [0, 0.05) is 4.88 Å². The lowest BCUT2D eigenvalue weighted by molar-refractivity contribution is 0.508. The van der Waals surface area contributed by atoms with Gasteiger partial charge in [0.2, 0.25) is 0 Å². The van der Waals surface area contributed by atoms with Crippen molar-refractivity contribution in [2.75, 3.05) is 0 Å². The second-order valence-electron chi connectivity index (χ2n) is 4.80. The maximum absolute atomic E-state index is 4.49. The van der Waals surface area contributed by atoms with Crippen LogP contribution in [-0.4, -0.2) is 19.6 Å². The lowest BCUT2D eigenvalue weighted by Crippen LogP contribution is -2.09. The van der Waals surface area contributed by atoms with Crippen LogP contribution in [0.4, 0.5) is 0 Å². The van der Waals surface area contributed by atoms with Crippen LogP contribution in [0.15, 0.2) is 12.7 Å². The van der Waals surface area contributed by atoms with Gasteiger partial charge in [-0.3, -0.25) is 0 Å².